The lowest BCUT2D eigenvalue weighted by atomic mass is 10.3. The van der Waals surface area contributed by atoms with Crippen molar-refractivity contribution in [2.75, 3.05) is 17.2 Å². The summed E-state index contributed by atoms with van der Waals surface area (Å²) < 4.78 is 0. The molecule has 1 rings (SSSR count). The Labute approximate surface area is 90.1 Å². The first-order valence-electron chi connectivity index (χ1n) is 5.14. The Morgan fingerprint density at radius 1 is 1.53 bits per heavy atom. The number of anilines is 2. The minimum atomic E-state index is 0.0146. The van der Waals surface area contributed by atoms with Gasteiger partial charge in [0.2, 0.25) is 5.91 Å². The largest absolute Gasteiger partial charge is 0.397 e. The molecule has 0 spiro atoms. The fourth-order valence-electron chi connectivity index (χ4n) is 1.31. The average molecular weight is 207 g/mol. The summed E-state index contributed by atoms with van der Waals surface area (Å²) in [6, 6.07) is 3.52. The molecule has 0 atom stereocenters. The predicted molar refractivity (Wildman–Crippen MR) is 61.6 cm³/mol. The molecule has 82 valence electrons. The quantitative estimate of drug-likeness (QED) is 0.819. The van der Waals surface area contributed by atoms with E-state index in [1.54, 1.807) is 30.2 Å². The fourth-order valence-corrected chi connectivity index (χ4v) is 1.31. The zero-order valence-electron chi connectivity index (χ0n) is 9.23. The maximum Gasteiger partial charge on any atom is 0.225 e. The SMILES string of the molecule is CCCCN(C(C)=O)c1ccc(N)cn1. The molecule has 1 amide bonds. The summed E-state index contributed by atoms with van der Waals surface area (Å²) in [4.78, 5) is 17.2. The van der Waals surface area contributed by atoms with Crippen molar-refractivity contribution in [3.8, 4) is 0 Å². The van der Waals surface area contributed by atoms with Crippen molar-refractivity contribution in [3.63, 3.8) is 0 Å². The van der Waals surface area contributed by atoms with E-state index in [2.05, 4.69) is 11.9 Å². The van der Waals surface area contributed by atoms with Gasteiger partial charge in [0.15, 0.2) is 0 Å². The molecule has 0 aliphatic rings. The van der Waals surface area contributed by atoms with Crippen molar-refractivity contribution in [1.82, 2.24) is 4.98 Å². The first kappa shape index (κ1) is 11.5. The third-order valence-electron chi connectivity index (χ3n) is 2.16. The Bertz CT molecular complexity index is 321. The van der Waals surface area contributed by atoms with E-state index in [-0.39, 0.29) is 5.91 Å². The second-order valence-corrected chi connectivity index (χ2v) is 3.47. The number of carbonyl (C=O) groups excluding carboxylic acids is 1. The lowest BCUT2D eigenvalue weighted by molar-refractivity contribution is -0.116. The summed E-state index contributed by atoms with van der Waals surface area (Å²) in [5.74, 6) is 0.686. The Balaban J connectivity index is 2.79. The highest BCUT2D eigenvalue weighted by Gasteiger charge is 2.11. The van der Waals surface area contributed by atoms with Crippen LogP contribution < -0.4 is 10.6 Å². The first-order valence-corrected chi connectivity index (χ1v) is 5.14. The highest BCUT2D eigenvalue weighted by atomic mass is 16.2. The van der Waals surface area contributed by atoms with Crippen LogP contribution in [0.5, 0.6) is 0 Å². The van der Waals surface area contributed by atoms with Gasteiger partial charge in [-0.05, 0) is 18.6 Å². The zero-order valence-corrected chi connectivity index (χ0v) is 9.23. The average Bonchev–Trinajstić information content (AvgIpc) is 2.21. The summed E-state index contributed by atoms with van der Waals surface area (Å²) in [6.07, 6.45) is 3.60. The Kier molecular flexibility index (Phi) is 4.09. The number of nitrogens with zero attached hydrogens (tertiary/aromatic N) is 2. The summed E-state index contributed by atoms with van der Waals surface area (Å²) in [7, 11) is 0. The molecule has 1 heterocycles. The summed E-state index contributed by atoms with van der Waals surface area (Å²) in [5.41, 5.74) is 6.15. The Morgan fingerprint density at radius 2 is 2.27 bits per heavy atom. The first-order chi connectivity index (χ1) is 7.15. The molecule has 1 aromatic rings. The minimum absolute atomic E-state index is 0.0146. The molecule has 0 saturated heterocycles. The van der Waals surface area contributed by atoms with Crippen LogP contribution in [0.15, 0.2) is 18.3 Å². The second kappa shape index (κ2) is 5.34. The summed E-state index contributed by atoms with van der Waals surface area (Å²) in [5, 5.41) is 0. The van der Waals surface area contributed by atoms with Crippen LogP contribution in [0.4, 0.5) is 11.5 Å². The summed E-state index contributed by atoms with van der Waals surface area (Å²) >= 11 is 0. The van der Waals surface area contributed by atoms with E-state index in [0.29, 0.717) is 18.1 Å². The number of amides is 1. The molecule has 4 nitrogen and oxygen atoms in total. The van der Waals surface area contributed by atoms with Crippen LogP contribution in [0.25, 0.3) is 0 Å². The number of rotatable bonds is 4. The molecule has 0 bridgehead atoms. The van der Waals surface area contributed by atoms with Gasteiger partial charge in [-0.1, -0.05) is 13.3 Å². The molecule has 2 N–H and O–H groups in total. The number of unbranched alkanes of at least 4 members (excludes halogenated alkanes) is 1. The molecule has 15 heavy (non-hydrogen) atoms. The van der Waals surface area contributed by atoms with Crippen LogP contribution in [0, 0.1) is 0 Å². The van der Waals surface area contributed by atoms with E-state index in [1.165, 1.54) is 0 Å². The number of hydrogen-bond acceptors (Lipinski definition) is 3. The third-order valence-corrected chi connectivity index (χ3v) is 2.16. The normalized spacial score (nSPS) is 10.0. The Morgan fingerprint density at radius 3 is 2.73 bits per heavy atom. The van der Waals surface area contributed by atoms with Crippen molar-refractivity contribution in [2.45, 2.75) is 26.7 Å². The molecule has 0 unspecified atom stereocenters. The van der Waals surface area contributed by atoms with Gasteiger partial charge >= 0.3 is 0 Å². The van der Waals surface area contributed by atoms with E-state index in [4.69, 9.17) is 5.73 Å². The zero-order chi connectivity index (χ0) is 11.3. The monoisotopic (exact) mass is 207 g/mol. The standard InChI is InChI=1S/C11H17N3O/c1-3-4-7-14(9(2)15)11-6-5-10(12)8-13-11/h5-6,8H,3-4,7,12H2,1-2H3. The lowest BCUT2D eigenvalue weighted by Gasteiger charge is -2.19. The molecule has 0 fully saturated rings. The van der Waals surface area contributed by atoms with Crippen LogP contribution >= 0.6 is 0 Å². The molecule has 0 radical (unpaired) electrons. The van der Waals surface area contributed by atoms with Gasteiger partial charge in [0.05, 0.1) is 11.9 Å². The fraction of sp³-hybridized carbons (Fsp3) is 0.455. The van der Waals surface area contributed by atoms with Gasteiger partial charge in [-0.3, -0.25) is 9.69 Å². The van der Waals surface area contributed by atoms with Crippen molar-refractivity contribution in [1.29, 1.82) is 0 Å². The van der Waals surface area contributed by atoms with E-state index in [0.717, 1.165) is 12.8 Å². The van der Waals surface area contributed by atoms with Crippen LogP contribution in [0.1, 0.15) is 26.7 Å². The molecule has 1 aromatic heterocycles. The molecule has 0 aromatic carbocycles. The molecule has 0 aliphatic heterocycles. The van der Waals surface area contributed by atoms with Gasteiger partial charge in [0.1, 0.15) is 5.82 Å². The second-order valence-electron chi connectivity index (χ2n) is 3.47. The van der Waals surface area contributed by atoms with E-state index < -0.39 is 0 Å². The van der Waals surface area contributed by atoms with Gasteiger partial charge in [-0.25, -0.2) is 4.98 Å². The predicted octanol–water partition coefficient (Wildman–Crippen LogP) is 1.82. The number of carbonyl (C=O) groups is 1. The van der Waals surface area contributed by atoms with Gasteiger partial charge in [-0.2, -0.15) is 0 Å². The molecule has 0 saturated carbocycles. The number of hydrogen-bond donors (Lipinski definition) is 1. The van der Waals surface area contributed by atoms with Gasteiger partial charge in [-0.15, -0.1) is 0 Å². The number of nitrogen functional groups attached to an aromatic ring is 1. The van der Waals surface area contributed by atoms with Gasteiger partial charge in [0.25, 0.3) is 0 Å². The molecular formula is C11H17N3O. The van der Waals surface area contributed by atoms with Crippen LogP contribution in [0.2, 0.25) is 0 Å². The van der Waals surface area contributed by atoms with Crippen molar-refractivity contribution >= 4 is 17.4 Å². The van der Waals surface area contributed by atoms with Gasteiger partial charge < -0.3 is 5.73 Å². The van der Waals surface area contributed by atoms with E-state index >= 15 is 0 Å². The van der Waals surface area contributed by atoms with E-state index in [9.17, 15) is 4.79 Å². The van der Waals surface area contributed by atoms with Crippen molar-refractivity contribution in [3.05, 3.63) is 18.3 Å². The molecular weight excluding hydrogens is 190 g/mol. The van der Waals surface area contributed by atoms with Crippen LogP contribution in [-0.2, 0) is 4.79 Å². The number of aromatic nitrogens is 1. The minimum Gasteiger partial charge on any atom is -0.397 e. The Hall–Kier alpha value is -1.58. The number of pyridine rings is 1. The summed E-state index contributed by atoms with van der Waals surface area (Å²) in [6.45, 7) is 4.35. The lowest BCUT2D eigenvalue weighted by Crippen LogP contribution is -2.30. The van der Waals surface area contributed by atoms with E-state index in [1.807, 2.05) is 0 Å². The van der Waals surface area contributed by atoms with Crippen molar-refractivity contribution in [2.24, 2.45) is 0 Å². The number of nitrogens with two attached hydrogens (primary N) is 1. The van der Waals surface area contributed by atoms with Gasteiger partial charge in [0, 0.05) is 13.5 Å². The highest BCUT2D eigenvalue weighted by molar-refractivity contribution is 5.90. The smallest absolute Gasteiger partial charge is 0.225 e. The topological polar surface area (TPSA) is 59.2 Å². The van der Waals surface area contributed by atoms with Crippen LogP contribution in [-0.4, -0.2) is 17.4 Å². The molecule has 4 heteroatoms. The third kappa shape index (κ3) is 3.23. The molecule has 0 aliphatic carbocycles. The maximum absolute atomic E-state index is 11.4. The highest BCUT2D eigenvalue weighted by Crippen LogP contribution is 2.13. The van der Waals surface area contributed by atoms with Crippen molar-refractivity contribution < 1.29 is 4.79 Å². The maximum atomic E-state index is 11.4. The van der Waals surface area contributed by atoms with Crippen LogP contribution in [0.3, 0.4) is 0 Å².